The van der Waals surface area contributed by atoms with Crippen LogP contribution in [0.2, 0.25) is 0 Å². The number of fused-ring (bicyclic) bond motifs is 1. The number of nitrogens with two attached hydrogens (primary N) is 1. The molecule has 4 N–H and O–H groups in total. The Balaban J connectivity index is 2.16. The van der Waals surface area contributed by atoms with Gasteiger partial charge in [0.25, 0.3) is 5.91 Å². The summed E-state index contributed by atoms with van der Waals surface area (Å²) < 4.78 is 5.60. The molecule has 0 aliphatic carbocycles. The molecule has 1 heterocycles. The van der Waals surface area contributed by atoms with Crippen LogP contribution in [0.5, 0.6) is 5.75 Å². The Morgan fingerprint density at radius 3 is 3.00 bits per heavy atom. The number of carbonyl (C=O) groups is 1. The summed E-state index contributed by atoms with van der Waals surface area (Å²) in [6.07, 6.45) is 1.02. The molecular weight excluding hydrogens is 244 g/mol. The van der Waals surface area contributed by atoms with Crippen LogP contribution in [0.25, 0.3) is 0 Å². The first kappa shape index (κ1) is 13.8. The van der Waals surface area contributed by atoms with E-state index in [0.717, 1.165) is 12.0 Å². The second kappa shape index (κ2) is 6.04. The maximum absolute atomic E-state index is 11.7. The van der Waals surface area contributed by atoms with E-state index in [-0.39, 0.29) is 5.91 Å². The van der Waals surface area contributed by atoms with Crippen LogP contribution in [-0.2, 0) is 4.79 Å². The Labute approximate surface area is 112 Å². The number of aliphatic hydroxyl groups excluding tert-OH is 1. The van der Waals surface area contributed by atoms with E-state index < -0.39 is 12.2 Å². The number of nitrogens with one attached hydrogen (secondary N) is 1. The Morgan fingerprint density at radius 2 is 2.32 bits per heavy atom. The van der Waals surface area contributed by atoms with Gasteiger partial charge in [-0.3, -0.25) is 4.79 Å². The van der Waals surface area contributed by atoms with E-state index in [9.17, 15) is 9.90 Å². The first-order valence-electron chi connectivity index (χ1n) is 6.65. The van der Waals surface area contributed by atoms with E-state index in [0.29, 0.717) is 30.8 Å². The Bertz CT molecular complexity index is 462. The third-order valence-electron chi connectivity index (χ3n) is 3.26. The van der Waals surface area contributed by atoms with Gasteiger partial charge in [0, 0.05) is 0 Å². The summed E-state index contributed by atoms with van der Waals surface area (Å²) in [5, 5.41) is 12.8. The number of carbonyl (C=O) groups excluding carboxylic acids is 1. The predicted octanol–water partition coefficient (Wildman–Crippen LogP) is 1.57. The number of aliphatic hydroxyl groups is 1. The van der Waals surface area contributed by atoms with E-state index in [1.807, 2.05) is 13.0 Å². The number of anilines is 1. The molecule has 5 nitrogen and oxygen atoms in total. The number of hydrogen-bond donors (Lipinski definition) is 3. The lowest BCUT2D eigenvalue weighted by Crippen LogP contribution is -2.36. The molecule has 1 aliphatic rings. The molecule has 0 bridgehead atoms. The molecule has 1 aromatic rings. The van der Waals surface area contributed by atoms with Crippen LogP contribution < -0.4 is 15.8 Å². The Hall–Kier alpha value is -1.59. The average Bonchev–Trinajstić information content (AvgIpc) is 2.43. The van der Waals surface area contributed by atoms with Crippen molar-refractivity contribution in [1.82, 2.24) is 0 Å². The highest BCUT2D eigenvalue weighted by Gasteiger charge is 2.26. The molecular formula is C14H20N2O3. The van der Waals surface area contributed by atoms with Gasteiger partial charge in [-0.1, -0.05) is 13.0 Å². The minimum absolute atomic E-state index is 0.136. The van der Waals surface area contributed by atoms with E-state index >= 15 is 0 Å². The fraction of sp³-hybridized carbons (Fsp3) is 0.500. The molecule has 0 spiro atoms. The lowest BCUT2D eigenvalue weighted by molar-refractivity contribution is -0.123. The van der Waals surface area contributed by atoms with Crippen molar-refractivity contribution in [3.05, 3.63) is 23.8 Å². The maximum Gasteiger partial charge on any atom is 0.265 e. The van der Waals surface area contributed by atoms with E-state index in [1.165, 1.54) is 0 Å². The van der Waals surface area contributed by atoms with Crippen molar-refractivity contribution in [2.24, 2.45) is 5.73 Å². The molecule has 0 radical (unpaired) electrons. The molecule has 1 aromatic carbocycles. The molecule has 2 rings (SSSR count). The van der Waals surface area contributed by atoms with Crippen molar-refractivity contribution in [3.8, 4) is 5.75 Å². The van der Waals surface area contributed by atoms with Crippen molar-refractivity contribution in [2.75, 3.05) is 11.9 Å². The van der Waals surface area contributed by atoms with Gasteiger partial charge in [0.15, 0.2) is 6.10 Å². The van der Waals surface area contributed by atoms with Gasteiger partial charge in [-0.25, -0.2) is 0 Å². The minimum atomic E-state index is -0.561. The van der Waals surface area contributed by atoms with Crippen LogP contribution in [0, 0.1) is 0 Å². The van der Waals surface area contributed by atoms with Crippen molar-refractivity contribution in [3.63, 3.8) is 0 Å². The topological polar surface area (TPSA) is 84.6 Å². The van der Waals surface area contributed by atoms with Gasteiger partial charge >= 0.3 is 0 Å². The second-order valence-electron chi connectivity index (χ2n) is 4.71. The molecule has 19 heavy (non-hydrogen) atoms. The van der Waals surface area contributed by atoms with Crippen LogP contribution in [0.1, 0.15) is 37.9 Å². The Kier molecular flexibility index (Phi) is 4.39. The van der Waals surface area contributed by atoms with Crippen molar-refractivity contribution in [2.45, 2.75) is 38.4 Å². The van der Waals surface area contributed by atoms with Crippen molar-refractivity contribution >= 4 is 11.6 Å². The molecule has 0 saturated carbocycles. The van der Waals surface area contributed by atoms with Gasteiger partial charge in [0.2, 0.25) is 0 Å². The molecule has 0 aromatic heterocycles. The summed E-state index contributed by atoms with van der Waals surface area (Å²) in [6, 6.07) is 5.38. The lowest BCUT2D eigenvalue weighted by atomic mass is 10.0. The van der Waals surface area contributed by atoms with Gasteiger partial charge < -0.3 is 20.9 Å². The van der Waals surface area contributed by atoms with Crippen LogP contribution in [0.15, 0.2) is 18.2 Å². The van der Waals surface area contributed by atoms with Gasteiger partial charge in [0.1, 0.15) is 5.75 Å². The van der Waals surface area contributed by atoms with E-state index in [1.54, 1.807) is 12.1 Å². The summed E-state index contributed by atoms with van der Waals surface area (Å²) in [6.45, 7) is 2.46. The summed E-state index contributed by atoms with van der Waals surface area (Å²) in [7, 11) is 0. The van der Waals surface area contributed by atoms with Crippen molar-refractivity contribution in [1.29, 1.82) is 0 Å². The zero-order chi connectivity index (χ0) is 13.8. The molecule has 1 amide bonds. The monoisotopic (exact) mass is 264 g/mol. The zero-order valence-electron chi connectivity index (χ0n) is 11.1. The summed E-state index contributed by atoms with van der Waals surface area (Å²) in [5.74, 6) is 0.518. The molecule has 1 aliphatic heterocycles. The fourth-order valence-electron chi connectivity index (χ4n) is 2.12. The summed E-state index contributed by atoms with van der Waals surface area (Å²) in [4.78, 5) is 11.7. The second-order valence-corrected chi connectivity index (χ2v) is 4.71. The first-order valence-corrected chi connectivity index (χ1v) is 6.65. The smallest absolute Gasteiger partial charge is 0.265 e. The quantitative estimate of drug-likeness (QED) is 0.753. The van der Waals surface area contributed by atoms with Gasteiger partial charge in [0.05, 0.1) is 11.8 Å². The number of amides is 1. The van der Waals surface area contributed by atoms with Gasteiger partial charge in [-0.2, -0.15) is 0 Å². The largest absolute Gasteiger partial charge is 0.478 e. The normalized spacial score (nSPS) is 19.3. The van der Waals surface area contributed by atoms with E-state index in [4.69, 9.17) is 10.5 Å². The Morgan fingerprint density at radius 1 is 1.53 bits per heavy atom. The van der Waals surface area contributed by atoms with Crippen LogP contribution in [0.4, 0.5) is 5.69 Å². The number of hydrogen-bond acceptors (Lipinski definition) is 4. The lowest BCUT2D eigenvalue weighted by Gasteiger charge is -2.26. The van der Waals surface area contributed by atoms with Crippen LogP contribution in [-0.4, -0.2) is 23.7 Å². The highest BCUT2D eigenvalue weighted by atomic mass is 16.5. The SMILES string of the molecule is CCC1Oc2ccc(C(O)CCCN)cc2NC1=O. The number of rotatable bonds is 5. The highest BCUT2D eigenvalue weighted by molar-refractivity contribution is 5.97. The number of benzene rings is 1. The first-order chi connectivity index (χ1) is 9.15. The van der Waals surface area contributed by atoms with Crippen LogP contribution >= 0.6 is 0 Å². The maximum atomic E-state index is 11.7. The van der Waals surface area contributed by atoms with Crippen LogP contribution in [0.3, 0.4) is 0 Å². The molecule has 5 heteroatoms. The highest BCUT2D eigenvalue weighted by Crippen LogP contribution is 2.33. The summed E-state index contributed by atoms with van der Waals surface area (Å²) in [5.41, 5.74) is 6.82. The molecule has 0 saturated heterocycles. The molecule has 104 valence electrons. The van der Waals surface area contributed by atoms with E-state index in [2.05, 4.69) is 5.32 Å². The fourth-order valence-corrected chi connectivity index (χ4v) is 2.12. The third kappa shape index (κ3) is 3.05. The van der Waals surface area contributed by atoms with Gasteiger partial charge in [-0.15, -0.1) is 0 Å². The molecule has 2 atom stereocenters. The standard InChI is InChI=1S/C14H20N2O3/c1-2-12-14(18)16-10-8-9(5-6-13(10)19-12)11(17)4-3-7-15/h5-6,8,11-12,17H,2-4,7,15H2,1H3,(H,16,18). The van der Waals surface area contributed by atoms with Crippen molar-refractivity contribution < 1.29 is 14.6 Å². The minimum Gasteiger partial charge on any atom is -0.478 e. The van der Waals surface area contributed by atoms with Gasteiger partial charge in [-0.05, 0) is 43.5 Å². The average molecular weight is 264 g/mol. The molecule has 0 fully saturated rings. The summed E-state index contributed by atoms with van der Waals surface area (Å²) >= 11 is 0. The predicted molar refractivity (Wildman–Crippen MR) is 73.0 cm³/mol. The molecule has 2 unspecified atom stereocenters. The zero-order valence-corrected chi connectivity index (χ0v) is 11.1. The number of ether oxygens (including phenoxy) is 1. The third-order valence-corrected chi connectivity index (χ3v) is 3.26.